The van der Waals surface area contributed by atoms with E-state index < -0.39 is 0 Å². The molecule has 0 radical (unpaired) electrons. The first kappa shape index (κ1) is 14.5. The second-order valence-electron chi connectivity index (χ2n) is 4.12. The number of carbonyl (C=O) groups is 1. The average molecular weight is 265 g/mol. The Morgan fingerprint density at radius 2 is 2.17 bits per heavy atom. The van der Waals surface area contributed by atoms with E-state index in [0.717, 1.165) is 16.5 Å². The van der Waals surface area contributed by atoms with Crippen LogP contribution >= 0.6 is 12.4 Å². The molecule has 3 nitrogen and oxygen atoms in total. The molecule has 0 aliphatic rings. The molecule has 0 aliphatic heterocycles. The van der Waals surface area contributed by atoms with Crippen LogP contribution in [0.5, 0.6) is 0 Å². The molecule has 0 unspecified atom stereocenters. The van der Waals surface area contributed by atoms with Crippen LogP contribution in [0.3, 0.4) is 0 Å². The highest BCUT2D eigenvalue weighted by Crippen LogP contribution is 2.27. The van der Waals surface area contributed by atoms with Gasteiger partial charge in [0.25, 0.3) is 0 Å². The van der Waals surface area contributed by atoms with E-state index in [4.69, 9.17) is 5.73 Å². The van der Waals surface area contributed by atoms with Gasteiger partial charge in [0.1, 0.15) is 0 Å². The fourth-order valence-electron chi connectivity index (χ4n) is 2.07. The third-order valence-electron chi connectivity index (χ3n) is 2.90. The first-order valence-corrected chi connectivity index (χ1v) is 5.62. The fourth-order valence-corrected chi connectivity index (χ4v) is 2.07. The molecule has 0 spiro atoms. The zero-order chi connectivity index (χ0) is 12.4. The van der Waals surface area contributed by atoms with Gasteiger partial charge in [0.05, 0.1) is 5.52 Å². The van der Waals surface area contributed by atoms with Gasteiger partial charge in [-0.25, -0.2) is 0 Å². The van der Waals surface area contributed by atoms with Gasteiger partial charge < -0.3 is 5.73 Å². The van der Waals surface area contributed by atoms with Crippen molar-refractivity contribution in [2.24, 2.45) is 5.73 Å². The van der Waals surface area contributed by atoms with Crippen LogP contribution in [-0.4, -0.2) is 10.5 Å². The number of benzene rings is 1. The molecule has 0 fully saturated rings. The molecule has 0 bridgehead atoms. The van der Waals surface area contributed by atoms with Crippen molar-refractivity contribution in [3.63, 3.8) is 0 Å². The van der Waals surface area contributed by atoms with Crippen LogP contribution in [0.4, 0.5) is 0 Å². The standard InChI is InChI=1S/C14H16N2O.ClH/c1-3-6-13(15)12-9-16(10(2)17)14-8-5-4-7-11(12)14;/h3-5,7-9,13H,1,6,15H2,2H3;1H/t13-;/m1./s1. The summed E-state index contributed by atoms with van der Waals surface area (Å²) < 4.78 is 1.65. The van der Waals surface area contributed by atoms with Crippen LogP contribution in [0.2, 0.25) is 0 Å². The average Bonchev–Trinajstić information content (AvgIpc) is 2.69. The smallest absolute Gasteiger partial charge is 0.227 e. The van der Waals surface area contributed by atoms with Gasteiger partial charge in [0, 0.05) is 24.5 Å². The number of aromatic nitrogens is 1. The molecule has 4 heteroatoms. The number of hydrogen-bond donors (Lipinski definition) is 1. The minimum atomic E-state index is -0.113. The van der Waals surface area contributed by atoms with Crippen molar-refractivity contribution >= 4 is 29.2 Å². The lowest BCUT2D eigenvalue weighted by Gasteiger charge is -2.06. The van der Waals surface area contributed by atoms with E-state index in [1.165, 1.54) is 0 Å². The van der Waals surface area contributed by atoms with Crippen LogP contribution < -0.4 is 5.73 Å². The van der Waals surface area contributed by atoms with Crippen LogP contribution in [0.1, 0.15) is 29.7 Å². The summed E-state index contributed by atoms with van der Waals surface area (Å²) >= 11 is 0. The van der Waals surface area contributed by atoms with Gasteiger partial charge in [-0.1, -0.05) is 24.3 Å². The van der Waals surface area contributed by atoms with Crippen molar-refractivity contribution in [3.8, 4) is 0 Å². The maximum absolute atomic E-state index is 11.6. The second-order valence-corrected chi connectivity index (χ2v) is 4.12. The van der Waals surface area contributed by atoms with Crippen molar-refractivity contribution in [1.29, 1.82) is 0 Å². The van der Waals surface area contributed by atoms with Gasteiger partial charge >= 0.3 is 0 Å². The molecular weight excluding hydrogens is 248 g/mol. The van der Waals surface area contributed by atoms with E-state index in [-0.39, 0.29) is 24.4 Å². The zero-order valence-electron chi connectivity index (χ0n) is 10.3. The number of fused-ring (bicyclic) bond motifs is 1. The number of nitrogens with zero attached hydrogens (tertiary/aromatic N) is 1. The zero-order valence-corrected chi connectivity index (χ0v) is 11.1. The molecular formula is C14H17ClN2O. The van der Waals surface area contributed by atoms with E-state index in [9.17, 15) is 4.79 Å². The predicted octanol–water partition coefficient (Wildman–Crippen LogP) is 3.30. The van der Waals surface area contributed by atoms with Gasteiger partial charge in [-0.2, -0.15) is 0 Å². The lowest BCUT2D eigenvalue weighted by Crippen LogP contribution is -2.09. The number of halogens is 1. The summed E-state index contributed by atoms with van der Waals surface area (Å²) in [7, 11) is 0. The molecule has 0 saturated heterocycles. The quantitative estimate of drug-likeness (QED) is 0.865. The maximum atomic E-state index is 11.6. The summed E-state index contributed by atoms with van der Waals surface area (Å²) in [4.78, 5) is 11.6. The van der Waals surface area contributed by atoms with Gasteiger partial charge in [-0.05, 0) is 18.1 Å². The van der Waals surface area contributed by atoms with Crippen LogP contribution in [-0.2, 0) is 0 Å². The number of rotatable bonds is 3. The molecule has 18 heavy (non-hydrogen) atoms. The normalized spacial score (nSPS) is 11.9. The summed E-state index contributed by atoms with van der Waals surface area (Å²) in [5.74, 6) is -0.00162. The van der Waals surface area contributed by atoms with E-state index in [0.29, 0.717) is 6.42 Å². The first-order chi connectivity index (χ1) is 8.15. The molecule has 0 saturated carbocycles. The second kappa shape index (κ2) is 5.85. The Bertz CT molecular complexity index is 574. The fraction of sp³-hybridized carbons (Fsp3) is 0.214. The maximum Gasteiger partial charge on any atom is 0.227 e. The van der Waals surface area contributed by atoms with Crippen molar-refractivity contribution in [2.75, 3.05) is 0 Å². The highest BCUT2D eigenvalue weighted by atomic mass is 35.5. The largest absolute Gasteiger partial charge is 0.324 e. The molecule has 1 atom stereocenters. The third-order valence-corrected chi connectivity index (χ3v) is 2.90. The first-order valence-electron chi connectivity index (χ1n) is 5.62. The van der Waals surface area contributed by atoms with Crippen molar-refractivity contribution in [3.05, 3.63) is 48.7 Å². The van der Waals surface area contributed by atoms with Crippen LogP contribution in [0, 0.1) is 0 Å². The van der Waals surface area contributed by atoms with Gasteiger partial charge in [-0.15, -0.1) is 19.0 Å². The molecule has 2 aromatic rings. The van der Waals surface area contributed by atoms with E-state index >= 15 is 0 Å². The molecule has 1 aromatic heterocycles. The highest BCUT2D eigenvalue weighted by Gasteiger charge is 2.14. The SMILES string of the molecule is C=CC[C@@H](N)c1cn(C(C)=O)c2ccccc12.Cl. The minimum absolute atomic E-state index is 0. The number of carbonyl (C=O) groups excluding carboxylic acids is 1. The number of hydrogen-bond acceptors (Lipinski definition) is 2. The molecule has 2 rings (SSSR count). The monoisotopic (exact) mass is 264 g/mol. The Kier molecular flexibility index (Phi) is 4.70. The molecule has 0 aliphatic carbocycles. The summed E-state index contributed by atoms with van der Waals surface area (Å²) in [6.45, 7) is 5.25. The van der Waals surface area contributed by atoms with E-state index in [2.05, 4.69) is 6.58 Å². The van der Waals surface area contributed by atoms with Gasteiger partial charge in [0.2, 0.25) is 5.91 Å². The molecule has 1 aromatic carbocycles. The van der Waals surface area contributed by atoms with Gasteiger partial charge in [0.15, 0.2) is 0 Å². The van der Waals surface area contributed by atoms with Crippen molar-refractivity contribution in [2.45, 2.75) is 19.4 Å². The van der Waals surface area contributed by atoms with Crippen LogP contribution in [0.25, 0.3) is 10.9 Å². The minimum Gasteiger partial charge on any atom is -0.324 e. The Morgan fingerprint density at radius 3 is 2.78 bits per heavy atom. The topological polar surface area (TPSA) is 48.0 Å². The van der Waals surface area contributed by atoms with Crippen molar-refractivity contribution in [1.82, 2.24) is 4.57 Å². The molecule has 96 valence electrons. The van der Waals surface area contributed by atoms with Crippen molar-refractivity contribution < 1.29 is 4.79 Å². The summed E-state index contributed by atoms with van der Waals surface area (Å²) in [6, 6.07) is 7.69. The Hall–Kier alpha value is -1.58. The Balaban J connectivity index is 0.00000162. The summed E-state index contributed by atoms with van der Waals surface area (Å²) in [5, 5.41) is 1.04. The van der Waals surface area contributed by atoms with E-state index in [1.807, 2.05) is 30.5 Å². The van der Waals surface area contributed by atoms with E-state index in [1.54, 1.807) is 17.6 Å². The Morgan fingerprint density at radius 1 is 1.50 bits per heavy atom. The van der Waals surface area contributed by atoms with Crippen LogP contribution in [0.15, 0.2) is 43.1 Å². The highest BCUT2D eigenvalue weighted by molar-refractivity contribution is 5.93. The molecule has 1 heterocycles. The number of para-hydroxylation sites is 1. The Labute approximate surface area is 113 Å². The summed E-state index contributed by atoms with van der Waals surface area (Å²) in [5.41, 5.74) is 8.00. The lowest BCUT2D eigenvalue weighted by atomic mass is 10.0. The molecule has 2 N–H and O–H groups in total. The number of nitrogens with two attached hydrogens (primary N) is 1. The lowest BCUT2D eigenvalue weighted by molar-refractivity contribution is 0.0941. The van der Waals surface area contributed by atoms with Gasteiger partial charge in [-0.3, -0.25) is 9.36 Å². The third kappa shape index (κ3) is 2.47. The predicted molar refractivity (Wildman–Crippen MR) is 77.2 cm³/mol. The molecule has 0 amide bonds. The summed E-state index contributed by atoms with van der Waals surface area (Å²) in [6.07, 6.45) is 4.33.